The number of pyridine rings is 2. The van der Waals surface area contributed by atoms with Gasteiger partial charge in [-0.25, -0.2) is 8.42 Å². The van der Waals surface area contributed by atoms with Crippen LogP contribution < -0.4 is 4.31 Å². The summed E-state index contributed by atoms with van der Waals surface area (Å²) in [5.74, 6) is -0.354. The first-order chi connectivity index (χ1) is 18.7. The minimum Gasteiger partial charge on any atom is -0.335 e. The summed E-state index contributed by atoms with van der Waals surface area (Å²) >= 11 is 5.96. The zero-order chi connectivity index (χ0) is 27.7. The van der Waals surface area contributed by atoms with E-state index in [2.05, 4.69) is 9.97 Å². The Bertz CT molecular complexity index is 1680. The van der Waals surface area contributed by atoms with Gasteiger partial charge in [-0.15, -0.1) is 0 Å². The normalized spacial score (nSPS) is 13.9. The van der Waals surface area contributed by atoms with Gasteiger partial charge in [-0.3, -0.25) is 23.9 Å². The van der Waals surface area contributed by atoms with E-state index < -0.39 is 10.0 Å². The standard InChI is InChI=1S/C28H26ClN5O4S/c1-19-15-21(27(35)33-11-13-34(14-12-33)28(36)22-16-23(29)18-30-17-22)8-9-24(19)32(2)39(37,38)25-7-3-5-20-6-4-10-31-26(20)25/h3-10,15-18H,11-14H2,1-2H3. The summed E-state index contributed by atoms with van der Waals surface area (Å²) in [4.78, 5) is 37.7. The van der Waals surface area contributed by atoms with Crippen LogP contribution in [0.2, 0.25) is 5.02 Å². The van der Waals surface area contributed by atoms with Crippen LogP contribution in [0, 0.1) is 6.92 Å². The fraction of sp³-hybridized carbons (Fsp3) is 0.214. The van der Waals surface area contributed by atoms with Crippen LogP contribution >= 0.6 is 11.6 Å². The molecule has 0 unspecified atom stereocenters. The average Bonchev–Trinajstić information content (AvgIpc) is 2.95. The first-order valence-corrected chi connectivity index (χ1v) is 14.1. The van der Waals surface area contributed by atoms with Crippen molar-refractivity contribution in [1.29, 1.82) is 0 Å². The average molecular weight is 564 g/mol. The van der Waals surface area contributed by atoms with Crippen molar-refractivity contribution in [2.45, 2.75) is 11.8 Å². The van der Waals surface area contributed by atoms with Gasteiger partial charge in [0.05, 0.1) is 21.8 Å². The lowest BCUT2D eigenvalue weighted by atomic mass is 10.1. The van der Waals surface area contributed by atoms with Crippen molar-refractivity contribution in [2.75, 3.05) is 37.5 Å². The molecule has 2 amide bonds. The van der Waals surface area contributed by atoms with Gasteiger partial charge in [0.15, 0.2) is 0 Å². The van der Waals surface area contributed by atoms with E-state index in [4.69, 9.17) is 11.6 Å². The number of sulfonamides is 1. The number of aryl methyl sites for hydroxylation is 1. The third-order valence-electron chi connectivity index (χ3n) is 6.82. The van der Waals surface area contributed by atoms with Crippen LogP contribution in [0.1, 0.15) is 26.3 Å². The van der Waals surface area contributed by atoms with E-state index in [1.807, 2.05) is 12.1 Å². The van der Waals surface area contributed by atoms with Crippen LogP contribution in [0.4, 0.5) is 5.69 Å². The lowest BCUT2D eigenvalue weighted by Gasteiger charge is -2.35. The maximum absolute atomic E-state index is 13.5. The SMILES string of the molecule is Cc1cc(C(=O)N2CCN(C(=O)c3cncc(Cl)c3)CC2)ccc1N(C)S(=O)(=O)c1cccc2cccnc12. The molecule has 0 N–H and O–H groups in total. The van der Waals surface area contributed by atoms with Crippen molar-refractivity contribution < 1.29 is 18.0 Å². The summed E-state index contributed by atoms with van der Waals surface area (Å²) in [5.41, 5.74) is 2.37. The van der Waals surface area contributed by atoms with Crippen LogP contribution in [0.15, 0.2) is 78.1 Å². The Kier molecular flexibility index (Phi) is 7.24. The molecule has 0 spiro atoms. The molecule has 1 aliphatic rings. The lowest BCUT2D eigenvalue weighted by molar-refractivity contribution is 0.0535. The number of anilines is 1. The van der Waals surface area contributed by atoms with E-state index in [-0.39, 0.29) is 16.7 Å². The zero-order valence-electron chi connectivity index (χ0n) is 21.4. The van der Waals surface area contributed by atoms with Crippen LogP contribution in [-0.4, -0.2) is 73.2 Å². The Morgan fingerprint density at radius 3 is 2.23 bits per heavy atom. The number of halogens is 1. The second-order valence-electron chi connectivity index (χ2n) is 9.28. The highest BCUT2D eigenvalue weighted by atomic mass is 35.5. The topological polar surface area (TPSA) is 104 Å². The number of aromatic nitrogens is 2. The molecule has 0 bridgehead atoms. The number of para-hydroxylation sites is 1. The van der Waals surface area contributed by atoms with Gasteiger partial charge in [-0.2, -0.15) is 0 Å². The largest absolute Gasteiger partial charge is 0.335 e. The van der Waals surface area contributed by atoms with Gasteiger partial charge in [0.2, 0.25) is 0 Å². The van der Waals surface area contributed by atoms with E-state index in [9.17, 15) is 18.0 Å². The number of amides is 2. The highest BCUT2D eigenvalue weighted by Crippen LogP contribution is 2.29. The van der Waals surface area contributed by atoms with Gasteiger partial charge in [0.1, 0.15) is 4.90 Å². The molecule has 1 aliphatic heterocycles. The molecule has 0 radical (unpaired) electrons. The number of nitrogens with zero attached hydrogens (tertiary/aromatic N) is 5. The van der Waals surface area contributed by atoms with Crippen molar-refractivity contribution in [3.63, 3.8) is 0 Å². The highest BCUT2D eigenvalue weighted by molar-refractivity contribution is 7.93. The fourth-order valence-corrected chi connectivity index (χ4v) is 6.31. The molecule has 0 atom stereocenters. The maximum atomic E-state index is 13.5. The van der Waals surface area contributed by atoms with Crippen LogP contribution in [-0.2, 0) is 10.0 Å². The number of hydrogen-bond acceptors (Lipinski definition) is 6. The Morgan fingerprint density at radius 2 is 1.56 bits per heavy atom. The molecule has 1 saturated heterocycles. The Balaban J connectivity index is 1.30. The minimum atomic E-state index is -3.91. The molecule has 39 heavy (non-hydrogen) atoms. The lowest BCUT2D eigenvalue weighted by Crippen LogP contribution is -2.50. The monoisotopic (exact) mass is 563 g/mol. The molecule has 1 fully saturated rings. The molecule has 0 saturated carbocycles. The molecule has 0 aliphatic carbocycles. The van der Waals surface area contributed by atoms with E-state index in [1.165, 1.54) is 23.7 Å². The van der Waals surface area contributed by atoms with Gasteiger partial charge >= 0.3 is 0 Å². The van der Waals surface area contributed by atoms with Crippen LogP contribution in [0.3, 0.4) is 0 Å². The molecular formula is C28H26ClN5O4S. The van der Waals surface area contributed by atoms with Crippen molar-refractivity contribution in [1.82, 2.24) is 19.8 Å². The maximum Gasteiger partial charge on any atom is 0.266 e. The Morgan fingerprint density at radius 1 is 0.897 bits per heavy atom. The molecule has 2 aromatic carbocycles. The quantitative estimate of drug-likeness (QED) is 0.363. The third-order valence-corrected chi connectivity index (χ3v) is 8.83. The zero-order valence-corrected chi connectivity index (χ0v) is 23.0. The number of carbonyl (C=O) groups is 2. The number of fused-ring (bicyclic) bond motifs is 1. The molecule has 3 heterocycles. The van der Waals surface area contributed by atoms with E-state index in [0.29, 0.717) is 59.1 Å². The summed E-state index contributed by atoms with van der Waals surface area (Å²) in [6.07, 6.45) is 4.51. The molecular weight excluding hydrogens is 538 g/mol. The number of benzene rings is 2. The predicted molar refractivity (Wildman–Crippen MR) is 150 cm³/mol. The highest BCUT2D eigenvalue weighted by Gasteiger charge is 2.28. The second-order valence-corrected chi connectivity index (χ2v) is 11.7. The number of carbonyl (C=O) groups excluding carboxylic acids is 2. The summed E-state index contributed by atoms with van der Waals surface area (Å²) in [5, 5.41) is 1.12. The summed E-state index contributed by atoms with van der Waals surface area (Å²) < 4.78 is 28.3. The van der Waals surface area contributed by atoms with Crippen molar-refractivity contribution in [3.8, 4) is 0 Å². The minimum absolute atomic E-state index is 0.114. The molecule has 2 aromatic heterocycles. The Labute approximate surface area is 231 Å². The van der Waals surface area contributed by atoms with E-state index >= 15 is 0 Å². The van der Waals surface area contributed by atoms with Crippen molar-refractivity contribution >= 4 is 50.0 Å². The predicted octanol–water partition coefficient (Wildman–Crippen LogP) is 4.01. The molecule has 5 rings (SSSR count). The third kappa shape index (κ3) is 5.17. The Hall–Kier alpha value is -4.02. The molecule has 4 aromatic rings. The number of piperazine rings is 1. The fourth-order valence-electron chi connectivity index (χ4n) is 4.71. The smallest absolute Gasteiger partial charge is 0.266 e. The number of rotatable bonds is 5. The van der Waals surface area contributed by atoms with Crippen LogP contribution in [0.25, 0.3) is 10.9 Å². The van der Waals surface area contributed by atoms with Crippen molar-refractivity contribution in [3.05, 3.63) is 94.9 Å². The van der Waals surface area contributed by atoms with Crippen molar-refractivity contribution in [2.24, 2.45) is 0 Å². The summed E-state index contributed by atoms with van der Waals surface area (Å²) in [6, 6.07) is 15.2. The molecule has 9 nitrogen and oxygen atoms in total. The molecule has 200 valence electrons. The molecule has 11 heteroatoms. The van der Waals surface area contributed by atoms with Gasteiger partial charge in [0, 0.05) is 62.8 Å². The summed E-state index contributed by atoms with van der Waals surface area (Å²) in [7, 11) is -2.42. The van der Waals surface area contributed by atoms with Crippen LogP contribution in [0.5, 0.6) is 0 Å². The van der Waals surface area contributed by atoms with Gasteiger partial charge in [-0.05, 0) is 48.9 Å². The first kappa shape index (κ1) is 26.6. The second kappa shape index (κ2) is 10.6. The van der Waals surface area contributed by atoms with Gasteiger partial charge < -0.3 is 9.80 Å². The van der Waals surface area contributed by atoms with Gasteiger partial charge in [0.25, 0.3) is 21.8 Å². The van der Waals surface area contributed by atoms with E-state index in [1.54, 1.807) is 65.4 Å². The number of hydrogen-bond donors (Lipinski definition) is 0. The van der Waals surface area contributed by atoms with E-state index in [0.717, 1.165) is 5.39 Å². The summed E-state index contributed by atoms with van der Waals surface area (Å²) in [6.45, 7) is 3.29. The first-order valence-electron chi connectivity index (χ1n) is 12.3. The van der Waals surface area contributed by atoms with Gasteiger partial charge in [-0.1, -0.05) is 29.8 Å².